The maximum absolute atomic E-state index is 12.3. The number of rotatable bonds is 6. The number of aromatic nitrogens is 2. The minimum atomic E-state index is -0.217. The Hall–Kier alpha value is -2.37. The summed E-state index contributed by atoms with van der Waals surface area (Å²) in [4.78, 5) is 16.9. The summed E-state index contributed by atoms with van der Waals surface area (Å²) < 4.78 is 7.24. The third kappa shape index (κ3) is 3.42. The van der Waals surface area contributed by atoms with Gasteiger partial charge in [0, 0.05) is 13.7 Å². The van der Waals surface area contributed by atoms with Crippen LogP contribution in [0, 0.1) is 0 Å². The molecular weight excluding hydrogens is 326 g/mol. The summed E-state index contributed by atoms with van der Waals surface area (Å²) >= 11 is 6.07. The van der Waals surface area contributed by atoms with E-state index in [4.69, 9.17) is 16.3 Å². The molecule has 1 N–H and O–H groups in total. The Bertz CT molecular complexity index is 860. The second kappa shape index (κ2) is 7.47. The van der Waals surface area contributed by atoms with Crippen LogP contribution in [0.3, 0.4) is 0 Å². The number of carbonyl (C=O) groups is 1. The maximum Gasteiger partial charge on any atom is 0.253 e. The molecule has 24 heavy (non-hydrogen) atoms. The van der Waals surface area contributed by atoms with Crippen LogP contribution in [0.4, 0.5) is 0 Å². The number of hydrogen-bond acceptors (Lipinski definition) is 3. The van der Waals surface area contributed by atoms with Gasteiger partial charge in [-0.3, -0.25) is 4.79 Å². The van der Waals surface area contributed by atoms with Gasteiger partial charge in [0.25, 0.3) is 5.91 Å². The van der Waals surface area contributed by atoms with Gasteiger partial charge < -0.3 is 14.6 Å². The first-order valence-electron chi connectivity index (χ1n) is 7.66. The van der Waals surface area contributed by atoms with E-state index in [1.165, 1.54) is 0 Å². The van der Waals surface area contributed by atoms with Crippen LogP contribution in [-0.2, 0) is 17.8 Å². The molecule has 0 saturated carbocycles. The first-order valence-corrected chi connectivity index (χ1v) is 8.04. The zero-order chi connectivity index (χ0) is 16.9. The molecule has 0 bridgehead atoms. The Kier molecular flexibility index (Phi) is 5.13. The highest BCUT2D eigenvalue weighted by Gasteiger charge is 2.13. The summed E-state index contributed by atoms with van der Waals surface area (Å²) in [5.74, 6) is 0.569. The van der Waals surface area contributed by atoms with Crippen LogP contribution in [0.2, 0.25) is 5.02 Å². The molecule has 0 fully saturated rings. The summed E-state index contributed by atoms with van der Waals surface area (Å²) in [5.41, 5.74) is 2.38. The fourth-order valence-electron chi connectivity index (χ4n) is 2.59. The molecule has 2 aromatic carbocycles. The highest BCUT2D eigenvalue weighted by Crippen LogP contribution is 2.17. The third-order valence-electron chi connectivity index (χ3n) is 3.78. The number of benzene rings is 2. The molecule has 124 valence electrons. The number of nitrogens with zero attached hydrogens (tertiary/aromatic N) is 2. The lowest BCUT2D eigenvalue weighted by Crippen LogP contribution is -2.25. The van der Waals surface area contributed by atoms with Gasteiger partial charge in [-0.05, 0) is 24.3 Å². The van der Waals surface area contributed by atoms with Crippen molar-refractivity contribution in [2.24, 2.45) is 0 Å². The van der Waals surface area contributed by atoms with Crippen LogP contribution in [0.5, 0.6) is 0 Å². The average molecular weight is 344 g/mol. The minimum absolute atomic E-state index is 0.217. The number of carbonyl (C=O) groups excluding carboxylic acids is 1. The summed E-state index contributed by atoms with van der Waals surface area (Å²) in [5, 5.41) is 3.32. The van der Waals surface area contributed by atoms with E-state index in [0.717, 1.165) is 16.9 Å². The number of hydrogen-bond donors (Lipinski definition) is 1. The van der Waals surface area contributed by atoms with Gasteiger partial charge in [0.1, 0.15) is 5.82 Å². The Balaban J connectivity index is 1.82. The van der Waals surface area contributed by atoms with Gasteiger partial charge in [0.05, 0.1) is 34.8 Å². The predicted octanol–water partition coefficient (Wildman–Crippen LogP) is 3.27. The van der Waals surface area contributed by atoms with Crippen LogP contribution in [0.15, 0.2) is 48.5 Å². The highest BCUT2D eigenvalue weighted by atomic mass is 35.5. The van der Waals surface area contributed by atoms with Gasteiger partial charge in [0.15, 0.2) is 0 Å². The molecule has 0 saturated heterocycles. The lowest BCUT2D eigenvalue weighted by molar-refractivity contribution is 0.0949. The van der Waals surface area contributed by atoms with Gasteiger partial charge in [-0.15, -0.1) is 0 Å². The van der Waals surface area contributed by atoms with Crippen molar-refractivity contribution < 1.29 is 9.53 Å². The Morgan fingerprint density at radius 2 is 1.96 bits per heavy atom. The van der Waals surface area contributed by atoms with Gasteiger partial charge in [-0.1, -0.05) is 35.9 Å². The SMILES string of the molecule is COCCn1c(CNC(=O)c2ccccc2Cl)nc2ccccc21. The highest BCUT2D eigenvalue weighted by molar-refractivity contribution is 6.33. The van der Waals surface area contributed by atoms with Gasteiger partial charge in [-0.2, -0.15) is 0 Å². The molecule has 6 heteroatoms. The van der Waals surface area contributed by atoms with Crippen LogP contribution in [0.25, 0.3) is 11.0 Å². The summed E-state index contributed by atoms with van der Waals surface area (Å²) in [7, 11) is 1.66. The standard InChI is InChI=1S/C18H18ClN3O2/c1-24-11-10-22-16-9-5-4-8-15(16)21-17(22)12-20-18(23)13-6-2-3-7-14(13)19/h2-9H,10-12H2,1H3,(H,20,23). The largest absolute Gasteiger partial charge is 0.383 e. The third-order valence-corrected chi connectivity index (χ3v) is 4.11. The van der Waals surface area contributed by atoms with Crippen molar-refractivity contribution in [3.63, 3.8) is 0 Å². The van der Waals surface area contributed by atoms with Crippen molar-refractivity contribution in [3.05, 3.63) is 64.9 Å². The normalized spacial score (nSPS) is 10.9. The molecule has 1 amide bonds. The van der Waals surface area contributed by atoms with E-state index in [0.29, 0.717) is 30.3 Å². The van der Waals surface area contributed by atoms with Gasteiger partial charge >= 0.3 is 0 Å². The molecular formula is C18H18ClN3O2. The number of nitrogens with one attached hydrogen (secondary N) is 1. The number of fused-ring (bicyclic) bond motifs is 1. The van der Waals surface area contributed by atoms with Crippen LogP contribution in [-0.4, -0.2) is 29.2 Å². The van der Waals surface area contributed by atoms with Gasteiger partial charge in [0.2, 0.25) is 0 Å². The van der Waals surface area contributed by atoms with Crippen molar-refractivity contribution in [3.8, 4) is 0 Å². The smallest absolute Gasteiger partial charge is 0.253 e. The fraction of sp³-hybridized carbons (Fsp3) is 0.222. The zero-order valence-electron chi connectivity index (χ0n) is 13.3. The van der Waals surface area contributed by atoms with E-state index in [1.54, 1.807) is 31.4 Å². The fourth-order valence-corrected chi connectivity index (χ4v) is 2.81. The Morgan fingerprint density at radius 3 is 2.75 bits per heavy atom. The molecule has 1 heterocycles. The number of para-hydroxylation sites is 2. The van der Waals surface area contributed by atoms with Gasteiger partial charge in [-0.25, -0.2) is 4.98 Å². The first-order chi connectivity index (χ1) is 11.7. The first kappa shape index (κ1) is 16.5. The lowest BCUT2D eigenvalue weighted by Gasteiger charge is -2.10. The van der Waals surface area contributed by atoms with E-state index in [1.807, 2.05) is 24.3 Å². The van der Waals surface area contributed by atoms with E-state index < -0.39 is 0 Å². The van der Waals surface area contributed by atoms with Crippen molar-refractivity contribution >= 4 is 28.5 Å². The summed E-state index contributed by atoms with van der Waals surface area (Å²) in [6, 6.07) is 14.9. The minimum Gasteiger partial charge on any atom is -0.383 e. The molecule has 0 atom stereocenters. The van der Waals surface area contributed by atoms with E-state index in [2.05, 4.69) is 14.9 Å². The van der Waals surface area contributed by atoms with Crippen molar-refractivity contribution in [1.82, 2.24) is 14.9 Å². The lowest BCUT2D eigenvalue weighted by atomic mass is 10.2. The summed E-state index contributed by atoms with van der Waals surface area (Å²) in [6.07, 6.45) is 0. The molecule has 0 aliphatic heterocycles. The Morgan fingerprint density at radius 1 is 1.21 bits per heavy atom. The quantitative estimate of drug-likeness (QED) is 0.747. The van der Waals surface area contributed by atoms with Crippen LogP contribution in [0.1, 0.15) is 16.2 Å². The molecule has 0 unspecified atom stereocenters. The molecule has 3 rings (SSSR count). The predicted molar refractivity (Wildman–Crippen MR) is 94.2 cm³/mol. The number of amides is 1. The molecule has 0 aliphatic rings. The average Bonchev–Trinajstić information content (AvgIpc) is 2.96. The monoisotopic (exact) mass is 343 g/mol. The van der Waals surface area contributed by atoms with Crippen molar-refractivity contribution in [1.29, 1.82) is 0 Å². The van der Waals surface area contributed by atoms with E-state index >= 15 is 0 Å². The molecule has 3 aromatic rings. The molecule has 0 radical (unpaired) electrons. The van der Waals surface area contributed by atoms with Crippen molar-refractivity contribution in [2.75, 3.05) is 13.7 Å². The molecule has 0 aliphatic carbocycles. The second-order valence-corrected chi connectivity index (χ2v) is 5.73. The Labute approximate surface area is 145 Å². The topological polar surface area (TPSA) is 56.1 Å². The second-order valence-electron chi connectivity index (χ2n) is 5.32. The van der Waals surface area contributed by atoms with E-state index in [9.17, 15) is 4.79 Å². The molecule has 1 aromatic heterocycles. The number of methoxy groups -OCH3 is 1. The number of ether oxygens (including phenoxy) is 1. The summed E-state index contributed by atoms with van der Waals surface area (Å²) in [6.45, 7) is 1.57. The zero-order valence-corrected chi connectivity index (χ0v) is 14.1. The van der Waals surface area contributed by atoms with Crippen molar-refractivity contribution in [2.45, 2.75) is 13.1 Å². The van der Waals surface area contributed by atoms with E-state index in [-0.39, 0.29) is 5.91 Å². The number of halogens is 1. The molecule has 5 nitrogen and oxygen atoms in total. The maximum atomic E-state index is 12.3. The molecule has 0 spiro atoms. The van der Waals surface area contributed by atoms with Crippen LogP contribution >= 0.6 is 11.6 Å². The number of imidazole rings is 1. The van der Waals surface area contributed by atoms with Crippen LogP contribution < -0.4 is 5.32 Å².